The summed E-state index contributed by atoms with van der Waals surface area (Å²) in [6.07, 6.45) is -0.0133. The highest BCUT2D eigenvalue weighted by Gasteiger charge is 2.39. The first kappa shape index (κ1) is 17.5. The summed E-state index contributed by atoms with van der Waals surface area (Å²) in [7, 11) is 0. The Kier molecular flexibility index (Phi) is 4.50. The van der Waals surface area contributed by atoms with Crippen LogP contribution in [0.5, 0.6) is 0 Å². The van der Waals surface area contributed by atoms with Crippen LogP contribution in [0.2, 0.25) is 0 Å². The summed E-state index contributed by atoms with van der Waals surface area (Å²) in [5.41, 5.74) is -0.0635. The van der Waals surface area contributed by atoms with E-state index in [1.54, 1.807) is 4.90 Å². The molecule has 1 aromatic heterocycles. The number of nitrogens with zero attached hydrogens (tertiary/aromatic N) is 3. The number of hydrogen-bond acceptors (Lipinski definition) is 5. The molecule has 1 aliphatic heterocycles. The smallest absolute Gasteiger partial charge is 0.352 e. The highest BCUT2D eigenvalue weighted by atomic mass is 19.4. The van der Waals surface area contributed by atoms with Crippen molar-refractivity contribution in [3.8, 4) is 0 Å². The number of alkyl halides is 3. The maximum Gasteiger partial charge on any atom is 0.433 e. The summed E-state index contributed by atoms with van der Waals surface area (Å²) >= 11 is 0. The zero-order valence-electron chi connectivity index (χ0n) is 14.4. The van der Waals surface area contributed by atoms with Crippen molar-refractivity contribution < 1.29 is 18.0 Å². The molecule has 1 amide bonds. The number of fused-ring (bicyclic) bond motifs is 1. The van der Waals surface area contributed by atoms with Gasteiger partial charge in [-0.2, -0.15) is 13.2 Å². The van der Waals surface area contributed by atoms with E-state index in [4.69, 9.17) is 0 Å². The van der Waals surface area contributed by atoms with E-state index >= 15 is 0 Å². The van der Waals surface area contributed by atoms with Gasteiger partial charge in [-0.15, -0.1) is 0 Å². The number of hydrogen-bond donors (Lipinski definition) is 2. The van der Waals surface area contributed by atoms with Crippen LogP contribution in [-0.2, 0) is 23.8 Å². The number of rotatable bonds is 3. The van der Waals surface area contributed by atoms with E-state index in [0.717, 1.165) is 25.7 Å². The number of anilines is 1. The molecule has 1 unspecified atom stereocenters. The molecule has 1 aromatic rings. The highest BCUT2D eigenvalue weighted by Crippen LogP contribution is 2.35. The lowest BCUT2D eigenvalue weighted by molar-refractivity contribution is -0.142. The van der Waals surface area contributed by atoms with Gasteiger partial charge in [0.05, 0.1) is 0 Å². The lowest BCUT2D eigenvalue weighted by Crippen LogP contribution is -2.58. The van der Waals surface area contributed by atoms with Gasteiger partial charge in [-0.1, -0.05) is 0 Å². The average molecular weight is 369 g/mol. The molecule has 4 rings (SSSR count). The first-order valence-corrected chi connectivity index (χ1v) is 9.17. The van der Waals surface area contributed by atoms with Gasteiger partial charge in [-0.05, 0) is 38.5 Å². The van der Waals surface area contributed by atoms with Crippen molar-refractivity contribution in [2.45, 2.75) is 56.8 Å². The zero-order chi connectivity index (χ0) is 18.3. The summed E-state index contributed by atoms with van der Waals surface area (Å²) in [6, 6.07) is -0.213. The van der Waals surface area contributed by atoms with Gasteiger partial charge in [0.25, 0.3) is 0 Å². The minimum atomic E-state index is -4.49. The van der Waals surface area contributed by atoms with Crippen LogP contribution in [0.25, 0.3) is 0 Å². The summed E-state index contributed by atoms with van der Waals surface area (Å²) in [5, 5.41) is 6.06. The van der Waals surface area contributed by atoms with Gasteiger partial charge in [0.1, 0.15) is 6.04 Å². The normalized spacial score (nSPS) is 23.5. The van der Waals surface area contributed by atoms with Gasteiger partial charge in [-0.25, -0.2) is 9.97 Å². The van der Waals surface area contributed by atoms with Gasteiger partial charge in [0.15, 0.2) is 5.69 Å². The Morgan fingerprint density at radius 1 is 1.19 bits per heavy atom. The molecule has 6 nitrogen and oxygen atoms in total. The summed E-state index contributed by atoms with van der Waals surface area (Å²) in [4.78, 5) is 22.3. The Morgan fingerprint density at radius 3 is 2.69 bits per heavy atom. The zero-order valence-corrected chi connectivity index (χ0v) is 14.4. The van der Waals surface area contributed by atoms with E-state index in [-0.39, 0.29) is 30.0 Å². The Morgan fingerprint density at radius 2 is 1.96 bits per heavy atom. The minimum absolute atomic E-state index is 0.0868. The van der Waals surface area contributed by atoms with E-state index in [1.807, 2.05) is 0 Å². The van der Waals surface area contributed by atoms with Crippen molar-refractivity contribution in [3.05, 3.63) is 17.0 Å². The quantitative estimate of drug-likeness (QED) is 0.844. The molecule has 3 aliphatic rings. The van der Waals surface area contributed by atoms with Crippen LogP contribution in [-0.4, -0.2) is 47.6 Å². The molecule has 0 spiro atoms. The highest BCUT2D eigenvalue weighted by molar-refractivity contribution is 5.83. The van der Waals surface area contributed by atoms with Crippen molar-refractivity contribution in [1.82, 2.24) is 20.6 Å². The second-order valence-electron chi connectivity index (χ2n) is 7.24. The molecule has 0 bridgehead atoms. The SMILES string of the molecule is O=C(NC1CC1)C1CN(c2nc3c(c(C(F)(F)F)n2)CCCC3)CCN1. The van der Waals surface area contributed by atoms with Crippen LogP contribution in [0.15, 0.2) is 0 Å². The molecule has 1 atom stereocenters. The van der Waals surface area contributed by atoms with E-state index < -0.39 is 17.9 Å². The second kappa shape index (κ2) is 6.68. The van der Waals surface area contributed by atoms with Crippen molar-refractivity contribution in [2.24, 2.45) is 0 Å². The standard InChI is InChI=1S/C17H22F3N5O/c18-17(19,20)14-11-3-1-2-4-12(11)23-16(24-14)25-8-7-21-13(9-25)15(26)22-10-5-6-10/h10,13,21H,1-9H2,(H,22,26). The molecule has 2 N–H and O–H groups in total. The van der Waals surface area contributed by atoms with Crippen molar-refractivity contribution >= 4 is 11.9 Å². The summed E-state index contributed by atoms with van der Waals surface area (Å²) in [6.45, 7) is 1.25. The Bertz CT molecular complexity index is 704. The van der Waals surface area contributed by atoms with Crippen LogP contribution in [0.4, 0.5) is 19.1 Å². The molecular formula is C17H22F3N5O. The lowest BCUT2D eigenvalue weighted by atomic mass is 9.94. The number of carbonyl (C=O) groups excluding carboxylic acids is 1. The molecular weight excluding hydrogens is 347 g/mol. The molecule has 1 saturated carbocycles. The van der Waals surface area contributed by atoms with E-state index in [9.17, 15) is 18.0 Å². The van der Waals surface area contributed by atoms with Crippen LogP contribution < -0.4 is 15.5 Å². The molecule has 0 aromatic carbocycles. The third-order valence-electron chi connectivity index (χ3n) is 5.14. The van der Waals surface area contributed by atoms with E-state index in [1.165, 1.54) is 0 Å². The molecule has 2 heterocycles. The summed E-state index contributed by atoms with van der Waals surface area (Å²) < 4.78 is 40.5. The summed E-state index contributed by atoms with van der Waals surface area (Å²) in [5.74, 6) is -0.0186. The van der Waals surface area contributed by atoms with Gasteiger partial charge < -0.3 is 15.5 Å². The molecule has 0 radical (unpaired) electrons. The predicted octanol–water partition coefficient (Wildman–Crippen LogP) is 1.43. The van der Waals surface area contributed by atoms with Crippen LogP contribution >= 0.6 is 0 Å². The second-order valence-corrected chi connectivity index (χ2v) is 7.24. The first-order chi connectivity index (χ1) is 12.4. The fourth-order valence-corrected chi connectivity index (χ4v) is 3.59. The maximum absolute atomic E-state index is 13.5. The fourth-order valence-electron chi connectivity index (χ4n) is 3.59. The van der Waals surface area contributed by atoms with Crippen LogP contribution in [0.3, 0.4) is 0 Å². The van der Waals surface area contributed by atoms with Crippen LogP contribution in [0, 0.1) is 0 Å². The minimum Gasteiger partial charge on any atom is -0.352 e. The molecule has 2 aliphatic carbocycles. The molecule has 142 valence electrons. The Labute approximate surface area is 149 Å². The van der Waals surface area contributed by atoms with Gasteiger partial charge >= 0.3 is 6.18 Å². The topological polar surface area (TPSA) is 70.2 Å². The van der Waals surface area contributed by atoms with Crippen molar-refractivity contribution in [1.29, 1.82) is 0 Å². The van der Waals surface area contributed by atoms with Gasteiger partial charge in [0.2, 0.25) is 11.9 Å². The number of halogens is 3. The van der Waals surface area contributed by atoms with Crippen molar-refractivity contribution in [3.63, 3.8) is 0 Å². The largest absolute Gasteiger partial charge is 0.433 e. The average Bonchev–Trinajstić information content (AvgIpc) is 3.44. The number of aryl methyl sites for hydroxylation is 1. The Hall–Kier alpha value is -1.90. The monoisotopic (exact) mass is 369 g/mol. The number of amides is 1. The number of aromatic nitrogens is 2. The number of carbonyl (C=O) groups is 1. The third-order valence-corrected chi connectivity index (χ3v) is 5.14. The fraction of sp³-hybridized carbons (Fsp3) is 0.706. The molecule has 1 saturated heterocycles. The van der Waals surface area contributed by atoms with Crippen molar-refractivity contribution in [2.75, 3.05) is 24.5 Å². The van der Waals surface area contributed by atoms with Gasteiger partial charge in [0, 0.05) is 36.9 Å². The van der Waals surface area contributed by atoms with E-state index in [2.05, 4.69) is 20.6 Å². The Balaban J connectivity index is 1.59. The first-order valence-electron chi connectivity index (χ1n) is 9.17. The maximum atomic E-state index is 13.5. The molecule has 9 heteroatoms. The number of nitrogens with one attached hydrogen (secondary N) is 2. The van der Waals surface area contributed by atoms with Crippen LogP contribution in [0.1, 0.15) is 42.6 Å². The molecule has 26 heavy (non-hydrogen) atoms. The third kappa shape index (κ3) is 3.62. The number of piperazine rings is 1. The van der Waals surface area contributed by atoms with E-state index in [0.29, 0.717) is 31.6 Å². The predicted molar refractivity (Wildman–Crippen MR) is 88.8 cm³/mol. The molecule has 2 fully saturated rings. The van der Waals surface area contributed by atoms with Gasteiger partial charge in [-0.3, -0.25) is 4.79 Å². The lowest BCUT2D eigenvalue weighted by Gasteiger charge is -2.34.